The molecule has 2 N–H and O–H groups in total. The monoisotopic (exact) mass is 399 g/mol. The summed E-state index contributed by atoms with van der Waals surface area (Å²) in [6.07, 6.45) is 8.51. The Balaban J connectivity index is 1.33. The van der Waals surface area contributed by atoms with Crippen LogP contribution < -0.4 is 15.2 Å². The molecule has 1 unspecified atom stereocenters. The maximum Gasteiger partial charge on any atom is 0.233 e. The minimum Gasteiger partial charge on any atom is -0.493 e. The van der Waals surface area contributed by atoms with Crippen molar-refractivity contribution in [3.8, 4) is 22.9 Å². The summed E-state index contributed by atoms with van der Waals surface area (Å²) in [5, 5.41) is 4.27. The summed E-state index contributed by atoms with van der Waals surface area (Å²) in [4.78, 5) is 4.77. The second-order valence-corrected chi connectivity index (χ2v) is 8.88. The number of hydrogen-bond acceptors (Lipinski definition) is 7. The van der Waals surface area contributed by atoms with Gasteiger partial charge in [0, 0.05) is 23.1 Å². The van der Waals surface area contributed by atoms with Gasteiger partial charge in [0.05, 0.1) is 13.2 Å². The Hall–Kier alpha value is -2.12. The molecule has 156 valence electrons. The number of ether oxygens (including phenoxy) is 3. The van der Waals surface area contributed by atoms with E-state index in [-0.39, 0.29) is 17.1 Å². The van der Waals surface area contributed by atoms with Gasteiger partial charge in [-0.1, -0.05) is 5.16 Å². The van der Waals surface area contributed by atoms with Crippen LogP contribution in [0, 0.1) is 0 Å². The maximum atomic E-state index is 6.44. The molecule has 0 radical (unpaired) electrons. The van der Waals surface area contributed by atoms with E-state index in [0.717, 1.165) is 69.4 Å². The van der Waals surface area contributed by atoms with Crippen molar-refractivity contribution < 1.29 is 18.7 Å². The molecule has 4 aliphatic rings. The molecule has 1 aromatic carbocycles. The SMILES string of the molecule is COc1cc(-c2noc(C34CCC(N)(CC3)CC4)n2)ccc1OCC1CCCO1. The van der Waals surface area contributed by atoms with Crippen LogP contribution in [0.15, 0.2) is 22.7 Å². The van der Waals surface area contributed by atoms with E-state index in [4.69, 9.17) is 29.5 Å². The third-order valence-electron chi connectivity index (χ3n) is 7.05. The second kappa shape index (κ2) is 7.29. The number of rotatable bonds is 6. The quantitative estimate of drug-likeness (QED) is 0.793. The summed E-state index contributed by atoms with van der Waals surface area (Å²) in [7, 11) is 1.64. The number of benzene rings is 1. The molecule has 29 heavy (non-hydrogen) atoms. The zero-order valence-corrected chi connectivity index (χ0v) is 17.0. The third-order valence-corrected chi connectivity index (χ3v) is 7.05. The van der Waals surface area contributed by atoms with Crippen LogP contribution in [0.25, 0.3) is 11.4 Å². The van der Waals surface area contributed by atoms with Crippen molar-refractivity contribution in [1.29, 1.82) is 0 Å². The molecule has 6 rings (SSSR count). The summed E-state index contributed by atoms with van der Waals surface area (Å²) in [6, 6.07) is 5.76. The highest BCUT2D eigenvalue weighted by atomic mass is 16.5. The minimum atomic E-state index is 0.000784. The molecule has 1 saturated heterocycles. The summed E-state index contributed by atoms with van der Waals surface area (Å²) in [5.41, 5.74) is 7.32. The molecule has 1 aliphatic heterocycles. The van der Waals surface area contributed by atoms with Crippen molar-refractivity contribution in [2.45, 2.75) is 68.4 Å². The standard InChI is InChI=1S/C22H29N3O4/c1-26-18-13-15(4-5-17(18)28-14-16-3-2-12-27-16)19-24-20(29-25-19)21-6-9-22(23,10-7-21)11-8-21/h4-5,13,16H,2-3,6-12,14,23H2,1H3. The van der Waals surface area contributed by atoms with E-state index in [0.29, 0.717) is 23.9 Å². The first-order valence-electron chi connectivity index (χ1n) is 10.7. The van der Waals surface area contributed by atoms with E-state index in [9.17, 15) is 0 Å². The molecule has 7 heteroatoms. The Kier molecular flexibility index (Phi) is 4.75. The van der Waals surface area contributed by atoms with Crippen LogP contribution in [0.1, 0.15) is 57.3 Å². The Bertz CT molecular complexity index is 850. The average Bonchev–Trinajstić information content (AvgIpc) is 3.45. The molecule has 3 saturated carbocycles. The number of nitrogens with two attached hydrogens (primary N) is 1. The fraction of sp³-hybridized carbons (Fsp3) is 0.636. The lowest BCUT2D eigenvalue weighted by atomic mass is 9.57. The van der Waals surface area contributed by atoms with Crippen molar-refractivity contribution >= 4 is 0 Å². The number of fused-ring (bicyclic) bond motifs is 3. The Morgan fingerprint density at radius 3 is 2.62 bits per heavy atom. The highest BCUT2D eigenvalue weighted by Crippen LogP contribution is 2.52. The van der Waals surface area contributed by atoms with E-state index >= 15 is 0 Å². The summed E-state index contributed by atoms with van der Waals surface area (Å²) < 4.78 is 22.8. The number of nitrogens with zero attached hydrogens (tertiary/aromatic N) is 2. The molecule has 4 fully saturated rings. The van der Waals surface area contributed by atoms with Crippen molar-refractivity contribution in [3.05, 3.63) is 24.1 Å². The van der Waals surface area contributed by atoms with Gasteiger partial charge < -0.3 is 24.5 Å². The Morgan fingerprint density at radius 2 is 1.93 bits per heavy atom. The topological polar surface area (TPSA) is 92.6 Å². The Labute approximate surface area is 170 Å². The molecule has 1 atom stereocenters. The van der Waals surface area contributed by atoms with Crippen LogP contribution in [0.2, 0.25) is 0 Å². The number of aromatic nitrogens is 2. The summed E-state index contributed by atoms with van der Waals surface area (Å²) >= 11 is 0. The van der Waals surface area contributed by atoms with Crippen molar-refractivity contribution in [1.82, 2.24) is 10.1 Å². The molecule has 3 aliphatic carbocycles. The molecule has 0 amide bonds. The van der Waals surface area contributed by atoms with Crippen LogP contribution in [0.5, 0.6) is 11.5 Å². The zero-order valence-electron chi connectivity index (χ0n) is 17.0. The van der Waals surface area contributed by atoms with Crippen LogP contribution in [0.4, 0.5) is 0 Å². The smallest absolute Gasteiger partial charge is 0.233 e. The normalized spacial score (nSPS) is 31.2. The van der Waals surface area contributed by atoms with Crippen LogP contribution >= 0.6 is 0 Å². The van der Waals surface area contributed by atoms with Gasteiger partial charge >= 0.3 is 0 Å². The van der Waals surface area contributed by atoms with E-state index in [1.54, 1.807) is 7.11 Å². The first kappa shape index (κ1) is 18.9. The van der Waals surface area contributed by atoms with Gasteiger partial charge in [0.2, 0.25) is 11.7 Å². The van der Waals surface area contributed by atoms with Gasteiger partial charge in [-0.15, -0.1) is 0 Å². The van der Waals surface area contributed by atoms with Crippen molar-refractivity contribution in [3.63, 3.8) is 0 Å². The third kappa shape index (κ3) is 3.51. The zero-order chi connectivity index (χ0) is 19.9. The number of hydrogen-bond donors (Lipinski definition) is 1. The molecule has 2 aromatic rings. The van der Waals surface area contributed by atoms with E-state index in [1.807, 2.05) is 18.2 Å². The van der Waals surface area contributed by atoms with Crippen LogP contribution in [0.3, 0.4) is 0 Å². The van der Waals surface area contributed by atoms with E-state index in [2.05, 4.69) is 5.16 Å². The molecule has 0 spiro atoms. The van der Waals surface area contributed by atoms with Crippen molar-refractivity contribution in [2.24, 2.45) is 5.73 Å². The van der Waals surface area contributed by atoms with Gasteiger partial charge in [-0.2, -0.15) is 4.98 Å². The average molecular weight is 399 g/mol. The van der Waals surface area contributed by atoms with Gasteiger partial charge in [0.25, 0.3) is 0 Å². The number of methoxy groups -OCH3 is 1. The first-order valence-corrected chi connectivity index (χ1v) is 10.7. The highest BCUT2D eigenvalue weighted by Gasteiger charge is 2.50. The lowest BCUT2D eigenvalue weighted by Gasteiger charge is -2.49. The maximum absolute atomic E-state index is 6.44. The van der Waals surface area contributed by atoms with E-state index in [1.165, 1.54) is 0 Å². The first-order chi connectivity index (χ1) is 14.1. The van der Waals surface area contributed by atoms with Gasteiger partial charge in [-0.3, -0.25) is 0 Å². The summed E-state index contributed by atoms with van der Waals surface area (Å²) in [6.45, 7) is 1.35. The van der Waals surface area contributed by atoms with E-state index < -0.39 is 0 Å². The molecule has 1 aromatic heterocycles. The van der Waals surface area contributed by atoms with Gasteiger partial charge in [-0.25, -0.2) is 0 Å². The molecule has 2 bridgehead atoms. The highest BCUT2D eigenvalue weighted by molar-refractivity contribution is 5.60. The largest absolute Gasteiger partial charge is 0.493 e. The van der Waals surface area contributed by atoms with Crippen molar-refractivity contribution in [2.75, 3.05) is 20.3 Å². The molecule has 2 heterocycles. The lowest BCUT2D eigenvalue weighted by molar-refractivity contribution is 0.0670. The fourth-order valence-electron chi connectivity index (χ4n) is 4.98. The second-order valence-electron chi connectivity index (χ2n) is 8.88. The summed E-state index contributed by atoms with van der Waals surface area (Å²) in [5.74, 6) is 2.71. The Morgan fingerprint density at radius 1 is 1.14 bits per heavy atom. The van der Waals surface area contributed by atoms with Crippen LogP contribution in [-0.4, -0.2) is 42.1 Å². The van der Waals surface area contributed by atoms with Gasteiger partial charge in [0.1, 0.15) is 6.61 Å². The molecular weight excluding hydrogens is 370 g/mol. The lowest BCUT2D eigenvalue weighted by Crippen LogP contribution is -2.53. The molecule has 7 nitrogen and oxygen atoms in total. The minimum absolute atomic E-state index is 0.000784. The fourth-order valence-corrected chi connectivity index (χ4v) is 4.98. The van der Waals surface area contributed by atoms with Gasteiger partial charge in [-0.05, 0) is 69.6 Å². The predicted molar refractivity (Wildman–Crippen MR) is 107 cm³/mol. The van der Waals surface area contributed by atoms with Gasteiger partial charge in [0.15, 0.2) is 11.5 Å². The molecular formula is C22H29N3O4. The predicted octanol–water partition coefficient (Wildman–Crippen LogP) is 3.61. The van der Waals surface area contributed by atoms with Crippen LogP contribution in [-0.2, 0) is 10.2 Å².